The smallest absolute Gasteiger partial charge is 0.305 e. The molecule has 0 saturated heterocycles. The Balaban J connectivity index is 1.82. The lowest BCUT2D eigenvalue weighted by molar-refractivity contribution is -0.137. The number of carboxylic acids is 1. The average Bonchev–Trinajstić information content (AvgIpc) is 3.11. The number of thiazole rings is 1. The molecule has 27 heavy (non-hydrogen) atoms. The van der Waals surface area contributed by atoms with Crippen LogP contribution in [0.2, 0.25) is 5.02 Å². The molecule has 0 spiro atoms. The lowest BCUT2D eigenvalue weighted by atomic mass is 10.0. The minimum Gasteiger partial charge on any atom is -0.481 e. The molecule has 3 aromatic rings. The number of hydrogen-bond acceptors (Lipinski definition) is 4. The zero-order valence-electron chi connectivity index (χ0n) is 13.9. The molecule has 2 N–H and O–H groups in total. The maximum absolute atomic E-state index is 13.9. The second kappa shape index (κ2) is 8.28. The van der Waals surface area contributed by atoms with Gasteiger partial charge in [0.15, 0.2) is 0 Å². The fourth-order valence-corrected chi connectivity index (χ4v) is 3.54. The lowest BCUT2D eigenvalue weighted by Crippen LogP contribution is -2.30. The molecule has 0 saturated carbocycles. The summed E-state index contributed by atoms with van der Waals surface area (Å²) >= 11 is 7.09. The molecule has 3 rings (SSSR count). The zero-order chi connectivity index (χ0) is 19.4. The van der Waals surface area contributed by atoms with Gasteiger partial charge in [0.1, 0.15) is 16.5 Å². The Kier molecular flexibility index (Phi) is 5.83. The molecule has 0 unspecified atom stereocenters. The predicted octanol–water partition coefficient (Wildman–Crippen LogP) is 4.55. The summed E-state index contributed by atoms with van der Waals surface area (Å²) < 4.78 is 13.9. The van der Waals surface area contributed by atoms with Crippen LogP contribution in [0.5, 0.6) is 0 Å². The fourth-order valence-electron chi connectivity index (χ4n) is 2.52. The summed E-state index contributed by atoms with van der Waals surface area (Å²) in [4.78, 5) is 27.9. The van der Waals surface area contributed by atoms with Crippen molar-refractivity contribution in [2.45, 2.75) is 12.5 Å². The van der Waals surface area contributed by atoms with Gasteiger partial charge in [-0.2, -0.15) is 0 Å². The van der Waals surface area contributed by atoms with Crippen LogP contribution in [0.1, 0.15) is 28.5 Å². The number of nitrogens with zero attached hydrogens (tertiary/aromatic N) is 1. The van der Waals surface area contributed by atoms with E-state index in [2.05, 4.69) is 10.3 Å². The third-order valence-electron chi connectivity index (χ3n) is 3.78. The van der Waals surface area contributed by atoms with E-state index in [-0.39, 0.29) is 12.1 Å². The minimum absolute atomic E-state index is 0.0932. The van der Waals surface area contributed by atoms with E-state index in [1.165, 1.54) is 11.4 Å². The van der Waals surface area contributed by atoms with Crippen LogP contribution < -0.4 is 5.32 Å². The molecular weight excluding hydrogens is 391 g/mol. The van der Waals surface area contributed by atoms with Crippen LogP contribution in [0, 0.1) is 5.82 Å². The zero-order valence-corrected chi connectivity index (χ0v) is 15.4. The maximum atomic E-state index is 13.9. The Bertz CT molecular complexity index is 992. The highest BCUT2D eigenvalue weighted by atomic mass is 35.5. The van der Waals surface area contributed by atoms with Gasteiger partial charge in [-0.15, -0.1) is 11.3 Å². The number of benzene rings is 2. The Hall–Kier alpha value is -2.77. The van der Waals surface area contributed by atoms with Gasteiger partial charge in [0.25, 0.3) is 5.91 Å². The van der Waals surface area contributed by atoms with Crippen LogP contribution in [-0.2, 0) is 4.79 Å². The molecule has 8 heteroatoms. The maximum Gasteiger partial charge on any atom is 0.305 e. The first-order chi connectivity index (χ1) is 12.9. The molecule has 1 atom stereocenters. The molecule has 0 bridgehead atoms. The van der Waals surface area contributed by atoms with Gasteiger partial charge < -0.3 is 10.4 Å². The standard InChI is InChI=1S/C19H14ClFN2O3S/c20-12-5-3-4-11(8-12)15(9-17(24)25)22-18(26)16-10-27-19(23-16)13-6-1-2-7-14(13)21/h1-8,10,15H,9H2,(H,22,26)(H,24,25)/t15-/m0/s1. The van der Waals surface area contributed by atoms with Crippen LogP contribution in [0.25, 0.3) is 10.6 Å². The van der Waals surface area contributed by atoms with Crippen LogP contribution in [-0.4, -0.2) is 22.0 Å². The third kappa shape index (κ3) is 4.69. The Morgan fingerprint density at radius 2 is 2.00 bits per heavy atom. The Morgan fingerprint density at radius 1 is 1.22 bits per heavy atom. The summed E-state index contributed by atoms with van der Waals surface area (Å²) in [6.07, 6.45) is -0.309. The molecule has 0 fully saturated rings. The van der Waals surface area contributed by atoms with Crippen molar-refractivity contribution in [3.63, 3.8) is 0 Å². The van der Waals surface area contributed by atoms with Crippen molar-refractivity contribution in [1.82, 2.24) is 10.3 Å². The molecule has 0 aliphatic heterocycles. The number of carbonyl (C=O) groups is 2. The van der Waals surface area contributed by atoms with Gasteiger partial charge in [-0.05, 0) is 29.8 Å². The molecule has 0 aliphatic carbocycles. The van der Waals surface area contributed by atoms with Crippen molar-refractivity contribution in [2.24, 2.45) is 0 Å². The third-order valence-corrected chi connectivity index (χ3v) is 4.89. The highest BCUT2D eigenvalue weighted by Crippen LogP contribution is 2.27. The highest BCUT2D eigenvalue weighted by molar-refractivity contribution is 7.13. The number of aromatic nitrogens is 1. The van der Waals surface area contributed by atoms with E-state index in [9.17, 15) is 14.0 Å². The Morgan fingerprint density at radius 3 is 2.70 bits per heavy atom. The summed E-state index contributed by atoms with van der Waals surface area (Å²) in [5.41, 5.74) is 0.969. The van der Waals surface area contributed by atoms with E-state index >= 15 is 0 Å². The van der Waals surface area contributed by atoms with E-state index in [0.29, 0.717) is 21.2 Å². The van der Waals surface area contributed by atoms with Crippen molar-refractivity contribution >= 4 is 34.8 Å². The number of hydrogen-bond donors (Lipinski definition) is 2. The Labute approximate surface area is 163 Å². The summed E-state index contributed by atoms with van der Waals surface area (Å²) in [5.74, 6) is -2.04. The van der Waals surface area contributed by atoms with Crippen molar-refractivity contribution in [1.29, 1.82) is 0 Å². The van der Waals surface area contributed by atoms with Gasteiger partial charge in [0, 0.05) is 16.0 Å². The molecule has 2 aromatic carbocycles. The van der Waals surface area contributed by atoms with E-state index in [1.807, 2.05) is 0 Å². The number of carbonyl (C=O) groups excluding carboxylic acids is 1. The largest absolute Gasteiger partial charge is 0.481 e. The van der Waals surface area contributed by atoms with Gasteiger partial charge in [-0.3, -0.25) is 9.59 Å². The van der Waals surface area contributed by atoms with E-state index in [0.717, 1.165) is 11.3 Å². The molecule has 1 aromatic heterocycles. The number of rotatable bonds is 6. The predicted molar refractivity (Wildman–Crippen MR) is 101 cm³/mol. The van der Waals surface area contributed by atoms with E-state index in [1.54, 1.807) is 42.5 Å². The molecule has 1 amide bonds. The number of halogens is 2. The quantitative estimate of drug-likeness (QED) is 0.631. The van der Waals surface area contributed by atoms with Crippen molar-refractivity contribution in [2.75, 3.05) is 0 Å². The number of aliphatic carboxylic acids is 1. The van der Waals surface area contributed by atoms with Crippen LogP contribution >= 0.6 is 22.9 Å². The summed E-state index contributed by atoms with van der Waals surface area (Å²) in [6.45, 7) is 0. The molecule has 0 aliphatic rings. The number of amides is 1. The van der Waals surface area contributed by atoms with Crippen LogP contribution in [0.4, 0.5) is 4.39 Å². The second-order valence-electron chi connectivity index (χ2n) is 5.70. The van der Waals surface area contributed by atoms with E-state index < -0.39 is 23.7 Å². The van der Waals surface area contributed by atoms with Gasteiger partial charge in [0.05, 0.1) is 12.5 Å². The first kappa shape index (κ1) is 19.0. The average molecular weight is 405 g/mol. The summed E-state index contributed by atoms with van der Waals surface area (Å²) in [5, 5.41) is 14.1. The number of nitrogens with one attached hydrogen (secondary N) is 1. The monoisotopic (exact) mass is 404 g/mol. The SMILES string of the molecule is O=C(O)C[C@H](NC(=O)c1csc(-c2ccccc2F)n1)c1cccc(Cl)c1. The molecular formula is C19H14ClFN2O3S. The molecule has 1 heterocycles. The van der Waals surface area contributed by atoms with Gasteiger partial charge in [-0.25, -0.2) is 9.37 Å². The lowest BCUT2D eigenvalue weighted by Gasteiger charge is -2.17. The molecule has 138 valence electrons. The normalized spacial score (nSPS) is 11.8. The highest BCUT2D eigenvalue weighted by Gasteiger charge is 2.21. The first-order valence-electron chi connectivity index (χ1n) is 7.92. The topological polar surface area (TPSA) is 79.3 Å². The van der Waals surface area contributed by atoms with E-state index in [4.69, 9.17) is 16.7 Å². The van der Waals surface area contributed by atoms with Crippen molar-refractivity contribution in [3.05, 3.63) is 76.0 Å². The first-order valence-corrected chi connectivity index (χ1v) is 9.18. The summed E-state index contributed by atoms with van der Waals surface area (Å²) in [7, 11) is 0. The number of carboxylic acid groups (broad SMARTS) is 1. The second-order valence-corrected chi connectivity index (χ2v) is 6.99. The molecule has 0 radical (unpaired) electrons. The fraction of sp³-hybridized carbons (Fsp3) is 0.105. The van der Waals surface area contributed by atoms with Gasteiger partial charge in [-0.1, -0.05) is 35.9 Å². The van der Waals surface area contributed by atoms with Crippen molar-refractivity contribution < 1.29 is 19.1 Å². The minimum atomic E-state index is -1.06. The van der Waals surface area contributed by atoms with Crippen LogP contribution in [0.3, 0.4) is 0 Å². The summed E-state index contributed by atoms with van der Waals surface area (Å²) in [6, 6.07) is 12.0. The van der Waals surface area contributed by atoms with Crippen LogP contribution in [0.15, 0.2) is 53.9 Å². The van der Waals surface area contributed by atoms with Gasteiger partial charge >= 0.3 is 5.97 Å². The van der Waals surface area contributed by atoms with Gasteiger partial charge in [0.2, 0.25) is 0 Å². The molecule has 5 nitrogen and oxygen atoms in total. The van der Waals surface area contributed by atoms with Crippen molar-refractivity contribution in [3.8, 4) is 10.6 Å².